The van der Waals surface area contributed by atoms with Gasteiger partial charge in [0.25, 0.3) is 0 Å². The van der Waals surface area contributed by atoms with E-state index in [9.17, 15) is 13.2 Å². The van der Waals surface area contributed by atoms with Gasteiger partial charge in [0.05, 0.1) is 0 Å². The highest BCUT2D eigenvalue weighted by molar-refractivity contribution is 6.22. The number of halogens is 4. The topological polar surface area (TPSA) is 20.2 Å². The van der Waals surface area contributed by atoms with Crippen LogP contribution in [0.4, 0.5) is 13.2 Å². The molecular formula is C9H8ClF3O. The summed E-state index contributed by atoms with van der Waals surface area (Å²) >= 11 is 4.59. The van der Waals surface area contributed by atoms with Gasteiger partial charge in [-0.25, -0.2) is 4.39 Å². The number of aliphatic hydroxyl groups is 1. The van der Waals surface area contributed by atoms with Gasteiger partial charge in [0, 0.05) is 5.56 Å². The molecule has 5 heteroatoms. The number of hydrogen-bond acceptors (Lipinski definition) is 1. The van der Waals surface area contributed by atoms with Crippen molar-refractivity contribution in [2.75, 3.05) is 0 Å². The highest BCUT2D eigenvalue weighted by atomic mass is 35.5. The van der Waals surface area contributed by atoms with Crippen LogP contribution < -0.4 is 0 Å². The van der Waals surface area contributed by atoms with Crippen molar-refractivity contribution in [3.63, 3.8) is 0 Å². The summed E-state index contributed by atoms with van der Waals surface area (Å²) < 4.78 is 37.9. The molecule has 0 radical (unpaired) electrons. The zero-order chi connectivity index (χ0) is 10.9. The first kappa shape index (κ1) is 11.3. The molecule has 0 aliphatic heterocycles. The third-order valence-electron chi connectivity index (χ3n) is 1.76. The third kappa shape index (κ3) is 2.39. The van der Waals surface area contributed by atoms with E-state index in [2.05, 4.69) is 11.6 Å². The monoisotopic (exact) mass is 224 g/mol. The zero-order valence-corrected chi connectivity index (χ0v) is 8.02. The van der Waals surface area contributed by atoms with Gasteiger partial charge >= 0.3 is 5.38 Å². The fourth-order valence-corrected chi connectivity index (χ4v) is 1.17. The lowest BCUT2D eigenvalue weighted by molar-refractivity contribution is -0.0441. The molecule has 1 aromatic rings. The van der Waals surface area contributed by atoms with E-state index in [-0.39, 0.29) is 0 Å². The van der Waals surface area contributed by atoms with Crippen molar-refractivity contribution in [3.8, 4) is 0 Å². The van der Waals surface area contributed by atoms with Gasteiger partial charge in [0.1, 0.15) is 5.82 Å². The molecule has 0 amide bonds. The van der Waals surface area contributed by atoms with Crippen LogP contribution in [0.3, 0.4) is 0 Å². The van der Waals surface area contributed by atoms with Gasteiger partial charge in [0.2, 0.25) is 0 Å². The summed E-state index contributed by atoms with van der Waals surface area (Å²) in [7, 11) is 0. The SMILES string of the molecule is Cc1ccc(F)c(C(O)C(F)(F)Cl)c1. The van der Waals surface area contributed by atoms with E-state index < -0.39 is 22.9 Å². The predicted molar refractivity (Wildman–Crippen MR) is 46.9 cm³/mol. The van der Waals surface area contributed by atoms with Crippen molar-refractivity contribution in [1.82, 2.24) is 0 Å². The van der Waals surface area contributed by atoms with Crippen LogP contribution in [-0.2, 0) is 0 Å². The van der Waals surface area contributed by atoms with Crippen LogP contribution in [0.1, 0.15) is 17.2 Å². The van der Waals surface area contributed by atoms with Gasteiger partial charge in [0.15, 0.2) is 6.10 Å². The number of rotatable bonds is 2. The Balaban J connectivity index is 3.12. The van der Waals surface area contributed by atoms with E-state index >= 15 is 0 Å². The molecule has 1 aromatic carbocycles. The number of aryl methyl sites for hydroxylation is 1. The van der Waals surface area contributed by atoms with Crippen LogP contribution in [0, 0.1) is 12.7 Å². The Bertz CT molecular complexity index is 335. The molecule has 0 saturated carbocycles. The molecule has 1 unspecified atom stereocenters. The lowest BCUT2D eigenvalue weighted by Crippen LogP contribution is -2.20. The predicted octanol–water partition coefficient (Wildman–Crippen LogP) is 3.00. The molecule has 78 valence electrons. The Labute approximate surface area is 84.1 Å². The molecule has 0 heterocycles. The van der Waals surface area contributed by atoms with Crippen LogP contribution in [-0.4, -0.2) is 10.5 Å². The van der Waals surface area contributed by atoms with E-state index in [0.29, 0.717) is 5.56 Å². The largest absolute Gasteiger partial charge is 0.381 e. The maximum atomic E-state index is 13.0. The van der Waals surface area contributed by atoms with Crippen molar-refractivity contribution in [2.24, 2.45) is 0 Å². The standard InChI is InChI=1S/C9H8ClF3O/c1-5-2-3-7(11)6(4-5)8(14)9(10,12)13/h2-4,8,14H,1H3. The number of hydrogen-bond donors (Lipinski definition) is 1. The molecular weight excluding hydrogens is 217 g/mol. The Morgan fingerprint density at radius 2 is 2.00 bits per heavy atom. The number of aliphatic hydroxyl groups excluding tert-OH is 1. The quantitative estimate of drug-likeness (QED) is 0.766. The van der Waals surface area contributed by atoms with E-state index in [1.54, 1.807) is 6.92 Å². The smallest absolute Gasteiger partial charge is 0.351 e. The number of alkyl halides is 3. The highest BCUT2D eigenvalue weighted by Crippen LogP contribution is 2.36. The van der Waals surface area contributed by atoms with Gasteiger partial charge in [-0.1, -0.05) is 17.7 Å². The van der Waals surface area contributed by atoms with Gasteiger partial charge < -0.3 is 5.11 Å². The van der Waals surface area contributed by atoms with E-state index in [1.165, 1.54) is 6.07 Å². The van der Waals surface area contributed by atoms with Crippen molar-refractivity contribution >= 4 is 11.6 Å². The maximum Gasteiger partial charge on any atom is 0.351 e. The minimum atomic E-state index is -3.87. The molecule has 0 fully saturated rings. The first-order valence-electron chi connectivity index (χ1n) is 3.83. The summed E-state index contributed by atoms with van der Waals surface area (Å²) in [5, 5.41) is 5.17. The molecule has 1 nitrogen and oxygen atoms in total. The van der Waals surface area contributed by atoms with Gasteiger partial charge in [-0.05, 0) is 24.6 Å². The van der Waals surface area contributed by atoms with Crippen molar-refractivity contribution in [2.45, 2.75) is 18.4 Å². The van der Waals surface area contributed by atoms with Crippen LogP contribution in [0.2, 0.25) is 0 Å². The van der Waals surface area contributed by atoms with Gasteiger partial charge in [-0.3, -0.25) is 0 Å². The molecule has 1 rings (SSSR count). The minimum Gasteiger partial charge on any atom is -0.381 e. The molecule has 0 spiro atoms. The van der Waals surface area contributed by atoms with Gasteiger partial charge in [-0.15, -0.1) is 0 Å². The van der Waals surface area contributed by atoms with Gasteiger partial charge in [-0.2, -0.15) is 8.78 Å². The average Bonchev–Trinajstić information content (AvgIpc) is 2.06. The molecule has 0 aliphatic carbocycles. The summed E-state index contributed by atoms with van der Waals surface area (Å²) in [6, 6.07) is 3.56. The minimum absolute atomic E-state index is 0.495. The van der Waals surface area contributed by atoms with Crippen LogP contribution in [0.25, 0.3) is 0 Å². The molecule has 0 aromatic heterocycles. The van der Waals surface area contributed by atoms with Crippen LogP contribution >= 0.6 is 11.6 Å². The summed E-state index contributed by atoms with van der Waals surface area (Å²) in [6.07, 6.45) is -2.33. The molecule has 0 bridgehead atoms. The molecule has 0 saturated heterocycles. The summed E-state index contributed by atoms with van der Waals surface area (Å²) in [5.41, 5.74) is 0.0753. The third-order valence-corrected chi connectivity index (χ3v) is 1.96. The second-order valence-corrected chi connectivity index (χ2v) is 3.47. The first-order valence-corrected chi connectivity index (χ1v) is 4.21. The molecule has 14 heavy (non-hydrogen) atoms. The van der Waals surface area contributed by atoms with E-state index in [1.807, 2.05) is 0 Å². The Kier molecular flexibility index (Phi) is 3.07. The molecule has 1 atom stereocenters. The first-order chi connectivity index (χ1) is 6.32. The Morgan fingerprint density at radius 1 is 1.43 bits per heavy atom. The lowest BCUT2D eigenvalue weighted by Gasteiger charge is -2.17. The van der Waals surface area contributed by atoms with Crippen LogP contribution in [0.15, 0.2) is 18.2 Å². The fourth-order valence-electron chi connectivity index (χ4n) is 1.05. The lowest BCUT2D eigenvalue weighted by atomic mass is 10.1. The number of benzene rings is 1. The zero-order valence-electron chi connectivity index (χ0n) is 7.27. The highest BCUT2D eigenvalue weighted by Gasteiger charge is 2.38. The second-order valence-electron chi connectivity index (χ2n) is 2.97. The van der Waals surface area contributed by atoms with E-state index in [0.717, 1.165) is 12.1 Å². The fraction of sp³-hybridized carbons (Fsp3) is 0.333. The van der Waals surface area contributed by atoms with Crippen LogP contribution in [0.5, 0.6) is 0 Å². The second kappa shape index (κ2) is 3.79. The Morgan fingerprint density at radius 3 is 2.50 bits per heavy atom. The van der Waals surface area contributed by atoms with Crippen molar-refractivity contribution < 1.29 is 18.3 Å². The normalized spacial score (nSPS) is 14.1. The Hall–Kier alpha value is -0.740. The average molecular weight is 225 g/mol. The van der Waals surface area contributed by atoms with Crippen molar-refractivity contribution in [3.05, 3.63) is 35.1 Å². The molecule has 1 N–H and O–H groups in total. The summed E-state index contributed by atoms with van der Waals surface area (Å²) in [4.78, 5) is 0. The van der Waals surface area contributed by atoms with Crippen molar-refractivity contribution in [1.29, 1.82) is 0 Å². The summed E-state index contributed by atoms with van der Waals surface area (Å²) in [6.45, 7) is 1.60. The van der Waals surface area contributed by atoms with E-state index in [4.69, 9.17) is 5.11 Å². The summed E-state index contributed by atoms with van der Waals surface area (Å²) in [5.74, 6) is -0.900. The maximum absolute atomic E-state index is 13.0. The molecule has 0 aliphatic rings.